The number of carboxylic acids is 2. The van der Waals surface area contributed by atoms with E-state index < -0.39 is 18.0 Å². The van der Waals surface area contributed by atoms with E-state index in [2.05, 4.69) is 21.3 Å². The molecule has 0 aliphatic carbocycles. The third-order valence-corrected chi connectivity index (χ3v) is 9.85. The van der Waals surface area contributed by atoms with Crippen molar-refractivity contribution in [3.05, 3.63) is 0 Å². The zero-order valence-electron chi connectivity index (χ0n) is 38.7. The zero-order valence-corrected chi connectivity index (χ0v) is 38.7. The number of ketones is 1. The molecule has 1 unspecified atom stereocenters. The maximum Gasteiger partial charge on any atom is 0.326 e. The molecule has 0 aromatic heterocycles. The average molecular weight is 904 g/mol. The Bertz CT molecular complexity index is 1160. The van der Waals surface area contributed by atoms with Gasteiger partial charge in [0.05, 0.1) is 45.7 Å². The van der Waals surface area contributed by atoms with E-state index in [0.29, 0.717) is 52.1 Å². The Morgan fingerprint density at radius 2 is 1.03 bits per heavy atom. The molecule has 8 N–H and O–H groups in total. The van der Waals surface area contributed by atoms with E-state index in [4.69, 9.17) is 29.8 Å². The first kappa shape index (κ1) is 61.5. The number of nitrogens with one attached hydrogen (secondary N) is 4. The number of hydrogen-bond donors (Lipinski definition) is 7. The van der Waals surface area contributed by atoms with Gasteiger partial charge in [-0.25, -0.2) is 4.79 Å². The second-order valence-electron chi connectivity index (χ2n) is 15.6. The van der Waals surface area contributed by atoms with Crippen molar-refractivity contribution >= 4 is 41.7 Å². The predicted molar refractivity (Wildman–Crippen MR) is 241 cm³/mol. The molecular formula is C45H85N5O13. The van der Waals surface area contributed by atoms with Gasteiger partial charge in [-0.05, 0) is 52.5 Å². The molecule has 0 aromatic rings. The number of unbranched alkanes of at least 4 members (excludes halogenated alkanes) is 16. The van der Waals surface area contributed by atoms with Gasteiger partial charge in [-0.1, -0.05) is 89.9 Å². The second kappa shape index (κ2) is 47.9. The van der Waals surface area contributed by atoms with Crippen LogP contribution in [0.1, 0.15) is 155 Å². The van der Waals surface area contributed by atoms with Crippen LogP contribution >= 0.6 is 0 Å². The van der Waals surface area contributed by atoms with E-state index in [9.17, 15) is 38.7 Å². The van der Waals surface area contributed by atoms with Gasteiger partial charge < -0.3 is 61.0 Å². The van der Waals surface area contributed by atoms with Crippen LogP contribution in [0.5, 0.6) is 0 Å². The van der Waals surface area contributed by atoms with Crippen molar-refractivity contribution < 1.29 is 62.7 Å². The standard InChI is InChI=1S/C31H56N2O9.C14H29N3O4/c34-22-24-42-26-25-41-23-21-32-28(35)20-19-27(31(39)40)33-29(36)17-15-13-11-9-7-5-3-1-2-4-6-8-10-12-14-16-18-30(37)38;1-12(18)13(15)5-3-4-6-17-14(19)11-21-10-9-20-8-7-16-2/h22,27H,1-21,23-26H2,(H,32,35)(H,33,36)(H,37,38)(H,39,40);13,16H,3-11,15H2,1-2H3,(H,17,19)/t27-;/m0./s1. The lowest BCUT2D eigenvalue weighted by atomic mass is 10.0. The molecule has 0 aromatic carbocycles. The molecule has 3 amide bonds. The van der Waals surface area contributed by atoms with E-state index in [1.54, 1.807) is 0 Å². The van der Waals surface area contributed by atoms with Crippen LogP contribution in [0.3, 0.4) is 0 Å². The summed E-state index contributed by atoms with van der Waals surface area (Å²) in [6.45, 7) is 5.60. The zero-order chi connectivity index (χ0) is 47.0. The van der Waals surface area contributed by atoms with Crippen LogP contribution in [-0.2, 0) is 52.5 Å². The summed E-state index contributed by atoms with van der Waals surface area (Å²) in [6.07, 6.45) is 21.6. The number of aldehydes is 1. The first-order chi connectivity index (χ1) is 30.4. The van der Waals surface area contributed by atoms with E-state index in [1.165, 1.54) is 64.7 Å². The van der Waals surface area contributed by atoms with Crippen molar-refractivity contribution in [2.75, 3.05) is 79.5 Å². The molecule has 0 aliphatic rings. The van der Waals surface area contributed by atoms with Gasteiger partial charge in [-0.3, -0.25) is 24.0 Å². The molecular weight excluding hydrogens is 819 g/mol. The lowest BCUT2D eigenvalue weighted by molar-refractivity contribution is -0.142. The predicted octanol–water partition coefficient (Wildman–Crippen LogP) is 4.23. The molecule has 18 nitrogen and oxygen atoms in total. The van der Waals surface area contributed by atoms with Gasteiger partial charge in [0.2, 0.25) is 17.7 Å². The highest BCUT2D eigenvalue weighted by Crippen LogP contribution is 2.14. The first-order valence-electron chi connectivity index (χ1n) is 23.4. The molecule has 63 heavy (non-hydrogen) atoms. The molecule has 0 aliphatic heterocycles. The first-order valence-corrected chi connectivity index (χ1v) is 23.4. The summed E-state index contributed by atoms with van der Waals surface area (Å²) in [4.78, 5) is 78.5. The van der Waals surface area contributed by atoms with Crippen molar-refractivity contribution in [3.8, 4) is 0 Å². The fourth-order valence-corrected chi connectivity index (χ4v) is 6.07. The maximum atomic E-state index is 12.2. The number of carbonyl (C=O) groups excluding carboxylic acids is 5. The molecule has 18 heteroatoms. The smallest absolute Gasteiger partial charge is 0.326 e. The summed E-state index contributed by atoms with van der Waals surface area (Å²) < 4.78 is 20.6. The van der Waals surface area contributed by atoms with Crippen molar-refractivity contribution in [3.63, 3.8) is 0 Å². The van der Waals surface area contributed by atoms with E-state index in [0.717, 1.165) is 64.3 Å². The summed E-state index contributed by atoms with van der Waals surface area (Å²) in [6, 6.07) is -1.48. The van der Waals surface area contributed by atoms with Gasteiger partial charge >= 0.3 is 11.9 Å². The Morgan fingerprint density at radius 1 is 0.540 bits per heavy atom. The summed E-state index contributed by atoms with van der Waals surface area (Å²) in [5.41, 5.74) is 5.61. The molecule has 368 valence electrons. The van der Waals surface area contributed by atoms with Crippen LogP contribution in [-0.4, -0.2) is 144 Å². The normalized spacial score (nSPS) is 11.8. The Hall–Kier alpha value is -3.55. The summed E-state index contributed by atoms with van der Waals surface area (Å²) in [5, 5.41) is 28.9. The number of amides is 3. The van der Waals surface area contributed by atoms with Crippen molar-refractivity contribution in [1.29, 1.82) is 0 Å². The van der Waals surface area contributed by atoms with Gasteiger partial charge in [0.15, 0.2) is 0 Å². The molecule has 0 bridgehead atoms. The summed E-state index contributed by atoms with van der Waals surface area (Å²) in [7, 11) is 1.86. The van der Waals surface area contributed by atoms with Crippen LogP contribution in [0.15, 0.2) is 0 Å². The minimum Gasteiger partial charge on any atom is -0.481 e. The van der Waals surface area contributed by atoms with E-state index in [1.807, 2.05) is 7.05 Å². The summed E-state index contributed by atoms with van der Waals surface area (Å²) in [5.74, 6) is -2.59. The number of aliphatic carboxylic acids is 2. The fourth-order valence-electron chi connectivity index (χ4n) is 6.07. The SMILES string of the molecule is CNCCOCCOCC(=O)NCCCCC(N)C(C)=O.O=CCOCCOCCNC(=O)CC[C@H](NC(=O)CCCCCCCCCCCCCCCCCCC(=O)O)C(=O)O. The molecule has 0 saturated carbocycles. The van der Waals surface area contributed by atoms with Gasteiger partial charge in [-0.2, -0.15) is 0 Å². The van der Waals surface area contributed by atoms with Crippen LogP contribution in [0.2, 0.25) is 0 Å². The largest absolute Gasteiger partial charge is 0.481 e. The number of carboxylic acid groups (broad SMARTS) is 2. The van der Waals surface area contributed by atoms with Gasteiger partial charge in [0.1, 0.15) is 31.3 Å². The number of rotatable bonds is 46. The Labute approximate surface area is 377 Å². The lowest BCUT2D eigenvalue weighted by Gasteiger charge is -2.14. The summed E-state index contributed by atoms with van der Waals surface area (Å²) >= 11 is 0. The molecule has 0 saturated heterocycles. The number of nitrogens with two attached hydrogens (primary N) is 1. The van der Waals surface area contributed by atoms with Crippen molar-refractivity contribution in [2.45, 2.75) is 167 Å². The second-order valence-corrected chi connectivity index (χ2v) is 15.6. The molecule has 0 fully saturated rings. The number of carbonyl (C=O) groups is 7. The third kappa shape index (κ3) is 49.3. The monoisotopic (exact) mass is 904 g/mol. The quantitative estimate of drug-likeness (QED) is 0.0333. The Kier molecular flexibility index (Phi) is 46.8. The van der Waals surface area contributed by atoms with Gasteiger partial charge in [-0.15, -0.1) is 0 Å². The maximum absolute atomic E-state index is 12.2. The van der Waals surface area contributed by atoms with Crippen LogP contribution in [0.4, 0.5) is 0 Å². The number of ether oxygens (including phenoxy) is 4. The molecule has 0 rings (SSSR count). The minimum atomic E-state index is -1.15. The number of likely N-dealkylation sites (N-methyl/N-ethyl adjacent to an activating group) is 1. The highest BCUT2D eigenvalue weighted by molar-refractivity contribution is 5.84. The Balaban J connectivity index is 0. The Morgan fingerprint density at radius 3 is 1.54 bits per heavy atom. The van der Waals surface area contributed by atoms with E-state index >= 15 is 0 Å². The minimum absolute atomic E-state index is 0.00405. The number of Topliss-reactive ketones (excluding diaryl/α,β-unsaturated/α-hetero) is 1. The topological polar surface area (TPSA) is 271 Å². The molecule has 2 atom stereocenters. The number of hydrogen-bond acceptors (Lipinski definition) is 13. The molecule has 0 radical (unpaired) electrons. The molecule has 0 heterocycles. The highest BCUT2D eigenvalue weighted by Gasteiger charge is 2.20. The highest BCUT2D eigenvalue weighted by atomic mass is 16.5. The van der Waals surface area contributed by atoms with Crippen LogP contribution in [0, 0.1) is 0 Å². The average Bonchev–Trinajstić information content (AvgIpc) is 3.25. The van der Waals surface area contributed by atoms with Crippen LogP contribution in [0.25, 0.3) is 0 Å². The third-order valence-electron chi connectivity index (χ3n) is 9.85. The fraction of sp³-hybridized carbons (Fsp3) is 0.844. The van der Waals surface area contributed by atoms with Crippen molar-refractivity contribution in [2.24, 2.45) is 5.73 Å². The van der Waals surface area contributed by atoms with Gasteiger partial charge in [0.25, 0.3) is 0 Å². The lowest BCUT2D eigenvalue weighted by Crippen LogP contribution is -2.41. The van der Waals surface area contributed by atoms with E-state index in [-0.39, 0.29) is 81.8 Å². The molecule has 0 spiro atoms. The van der Waals surface area contributed by atoms with Gasteiger partial charge in [0, 0.05) is 38.9 Å². The van der Waals surface area contributed by atoms with Crippen molar-refractivity contribution in [1.82, 2.24) is 21.3 Å². The van der Waals surface area contributed by atoms with Crippen LogP contribution < -0.4 is 27.0 Å².